The molecule has 0 N–H and O–H groups in total. The topological polar surface area (TPSA) is 59.1 Å². The second-order valence-electron chi connectivity index (χ2n) is 6.18. The summed E-state index contributed by atoms with van der Waals surface area (Å²) < 4.78 is 10.1. The van der Waals surface area contributed by atoms with Crippen LogP contribution in [0.15, 0.2) is 0 Å². The van der Waals surface area contributed by atoms with E-state index < -0.39 is 5.60 Å². The number of likely N-dealkylation sites (tertiary alicyclic amines) is 2. The highest BCUT2D eigenvalue weighted by Crippen LogP contribution is 2.31. The number of rotatable bonds is 2. The van der Waals surface area contributed by atoms with Crippen molar-refractivity contribution in [3.63, 3.8) is 0 Å². The van der Waals surface area contributed by atoms with Crippen molar-refractivity contribution in [3.8, 4) is 0 Å². The van der Waals surface area contributed by atoms with Crippen molar-refractivity contribution in [3.05, 3.63) is 0 Å². The summed E-state index contributed by atoms with van der Waals surface area (Å²) in [6.45, 7) is 7.25. The molecule has 0 aromatic heterocycles. The van der Waals surface area contributed by atoms with E-state index in [4.69, 9.17) is 4.74 Å². The summed E-state index contributed by atoms with van der Waals surface area (Å²) >= 11 is 0. The van der Waals surface area contributed by atoms with E-state index >= 15 is 0 Å². The van der Waals surface area contributed by atoms with Gasteiger partial charge >= 0.3 is 12.1 Å². The summed E-state index contributed by atoms with van der Waals surface area (Å²) in [4.78, 5) is 27.2. The number of carbonyl (C=O) groups excluding carboxylic acids is 2. The Morgan fingerprint density at radius 2 is 1.89 bits per heavy atom. The molecule has 0 aliphatic carbocycles. The van der Waals surface area contributed by atoms with Gasteiger partial charge in [-0.15, -0.1) is 0 Å². The minimum absolute atomic E-state index is 0.157. The highest BCUT2D eigenvalue weighted by atomic mass is 16.6. The van der Waals surface area contributed by atoms with Crippen molar-refractivity contribution < 1.29 is 19.1 Å². The molecule has 6 heteroatoms. The molecule has 0 unspecified atom stereocenters. The maximum Gasteiger partial charge on any atom is 0.410 e. The molecule has 0 saturated carbocycles. The third kappa shape index (κ3) is 3.18. The molecule has 2 atom stereocenters. The number of amides is 1. The highest BCUT2D eigenvalue weighted by Gasteiger charge is 2.46. The Morgan fingerprint density at radius 3 is 2.37 bits per heavy atom. The average Bonchev–Trinajstić information content (AvgIpc) is 2.85. The van der Waals surface area contributed by atoms with E-state index in [0.29, 0.717) is 13.1 Å². The fraction of sp³-hybridized carbons (Fsp3) is 0.846. The van der Waals surface area contributed by atoms with Gasteiger partial charge in [0, 0.05) is 25.2 Å². The smallest absolute Gasteiger partial charge is 0.410 e. The number of ether oxygens (including phenoxy) is 2. The largest absolute Gasteiger partial charge is 0.468 e. The first-order valence-corrected chi connectivity index (χ1v) is 6.60. The van der Waals surface area contributed by atoms with Gasteiger partial charge in [0.25, 0.3) is 0 Å². The number of carbonyl (C=O) groups is 2. The summed E-state index contributed by atoms with van der Waals surface area (Å²) in [7, 11) is 1.39. The van der Waals surface area contributed by atoms with E-state index in [2.05, 4.69) is 9.64 Å². The van der Waals surface area contributed by atoms with Gasteiger partial charge < -0.3 is 14.4 Å². The molecule has 2 aliphatic rings. The number of methoxy groups -OCH3 is 1. The third-order valence-corrected chi connectivity index (χ3v) is 3.54. The van der Waals surface area contributed by atoms with E-state index in [1.165, 1.54) is 7.11 Å². The quantitative estimate of drug-likeness (QED) is 0.696. The predicted octanol–water partition coefficient (Wildman–Crippen LogP) is 0.853. The van der Waals surface area contributed by atoms with Crippen LogP contribution in [-0.4, -0.2) is 66.3 Å². The van der Waals surface area contributed by atoms with Crippen molar-refractivity contribution in [1.29, 1.82) is 0 Å². The van der Waals surface area contributed by atoms with Gasteiger partial charge in [-0.05, 0) is 27.2 Å². The standard InChI is InChI=1S/C13H22N2O4/c1-13(2,3)19-12(17)15-7-9-5-10(15)6-14(9)8-11(16)18-4/h9-10H,5-8H2,1-4H3/t9-,10-/m1/s1. The van der Waals surface area contributed by atoms with Crippen LogP contribution < -0.4 is 0 Å². The van der Waals surface area contributed by atoms with Crippen molar-refractivity contribution in [2.45, 2.75) is 44.9 Å². The number of hydrogen-bond donors (Lipinski definition) is 0. The van der Waals surface area contributed by atoms with Crippen LogP contribution in [0.3, 0.4) is 0 Å². The molecule has 0 aromatic carbocycles. The molecule has 2 bridgehead atoms. The number of hydrogen-bond acceptors (Lipinski definition) is 5. The van der Waals surface area contributed by atoms with E-state index in [1.807, 2.05) is 20.8 Å². The fourth-order valence-electron chi connectivity index (χ4n) is 2.72. The first-order valence-electron chi connectivity index (χ1n) is 6.60. The second kappa shape index (κ2) is 5.00. The molecule has 2 aliphatic heterocycles. The molecule has 2 saturated heterocycles. The minimum Gasteiger partial charge on any atom is -0.468 e. The Bertz CT molecular complexity index is 377. The Balaban J connectivity index is 1.89. The van der Waals surface area contributed by atoms with E-state index in [0.717, 1.165) is 13.0 Å². The molecule has 2 fully saturated rings. The first-order chi connectivity index (χ1) is 8.80. The summed E-state index contributed by atoms with van der Waals surface area (Å²) in [5, 5.41) is 0. The number of piperazine rings is 1. The summed E-state index contributed by atoms with van der Waals surface area (Å²) in [6, 6.07) is 0.404. The van der Waals surface area contributed by atoms with Crippen LogP contribution in [0.25, 0.3) is 0 Å². The Kier molecular flexibility index (Phi) is 3.71. The molecular weight excluding hydrogens is 248 g/mol. The molecule has 19 heavy (non-hydrogen) atoms. The van der Waals surface area contributed by atoms with Gasteiger partial charge in [0.15, 0.2) is 0 Å². The van der Waals surface area contributed by atoms with Gasteiger partial charge in [-0.2, -0.15) is 0 Å². The van der Waals surface area contributed by atoms with Crippen LogP contribution in [0.5, 0.6) is 0 Å². The molecule has 6 nitrogen and oxygen atoms in total. The second-order valence-corrected chi connectivity index (χ2v) is 6.18. The summed E-state index contributed by atoms with van der Waals surface area (Å²) in [5.74, 6) is -0.226. The lowest BCUT2D eigenvalue weighted by Gasteiger charge is -2.34. The van der Waals surface area contributed by atoms with Crippen LogP contribution in [0.1, 0.15) is 27.2 Å². The van der Waals surface area contributed by atoms with Crippen molar-refractivity contribution in [1.82, 2.24) is 9.80 Å². The zero-order valence-electron chi connectivity index (χ0n) is 12.0. The lowest BCUT2D eigenvalue weighted by Crippen LogP contribution is -2.51. The monoisotopic (exact) mass is 270 g/mol. The molecule has 0 aromatic rings. The van der Waals surface area contributed by atoms with Crippen LogP contribution >= 0.6 is 0 Å². The SMILES string of the molecule is COC(=O)CN1C[C@H]2C[C@@H]1CN2C(=O)OC(C)(C)C. The third-order valence-electron chi connectivity index (χ3n) is 3.54. The highest BCUT2D eigenvalue weighted by molar-refractivity contribution is 5.72. The Labute approximate surface area is 113 Å². The normalized spacial score (nSPS) is 26.6. The predicted molar refractivity (Wildman–Crippen MR) is 68.7 cm³/mol. The van der Waals surface area contributed by atoms with Crippen LogP contribution in [-0.2, 0) is 14.3 Å². The van der Waals surface area contributed by atoms with Gasteiger partial charge in [0.1, 0.15) is 5.60 Å². The number of fused-ring (bicyclic) bond motifs is 2. The van der Waals surface area contributed by atoms with E-state index in [1.54, 1.807) is 4.90 Å². The molecule has 0 spiro atoms. The molecular formula is C13H22N2O4. The molecule has 108 valence electrons. The van der Waals surface area contributed by atoms with Crippen LogP contribution in [0.2, 0.25) is 0 Å². The van der Waals surface area contributed by atoms with E-state index in [-0.39, 0.29) is 24.1 Å². The maximum atomic E-state index is 12.0. The van der Waals surface area contributed by atoms with Crippen LogP contribution in [0, 0.1) is 0 Å². The molecule has 2 rings (SSSR count). The zero-order chi connectivity index (χ0) is 14.2. The summed E-state index contributed by atoms with van der Waals surface area (Å²) in [6.07, 6.45) is 0.661. The summed E-state index contributed by atoms with van der Waals surface area (Å²) in [5.41, 5.74) is -0.468. The Morgan fingerprint density at radius 1 is 1.21 bits per heavy atom. The Hall–Kier alpha value is -1.30. The fourth-order valence-corrected chi connectivity index (χ4v) is 2.72. The van der Waals surface area contributed by atoms with Gasteiger partial charge in [0.05, 0.1) is 13.7 Å². The lowest BCUT2D eigenvalue weighted by molar-refractivity contribution is -0.142. The van der Waals surface area contributed by atoms with Gasteiger partial charge in [0.2, 0.25) is 0 Å². The lowest BCUT2D eigenvalue weighted by atomic mass is 10.2. The van der Waals surface area contributed by atoms with Gasteiger partial charge in [-0.25, -0.2) is 4.79 Å². The first kappa shape index (κ1) is 14.1. The van der Waals surface area contributed by atoms with Crippen LogP contribution in [0.4, 0.5) is 4.79 Å². The number of nitrogens with zero attached hydrogens (tertiary/aromatic N) is 2. The molecule has 0 radical (unpaired) electrons. The van der Waals surface area contributed by atoms with E-state index in [9.17, 15) is 9.59 Å². The van der Waals surface area contributed by atoms with Crippen molar-refractivity contribution >= 4 is 12.1 Å². The molecule has 1 amide bonds. The average molecular weight is 270 g/mol. The van der Waals surface area contributed by atoms with Crippen molar-refractivity contribution in [2.24, 2.45) is 0 Å². The zero-order valence-corrected chi connectivity index (χ0v) is 12.0. The minimum atomic E-state index is -0.468. The number of esters is 1. The van der Waals surface area contributed by atoms with Gasteiger partial charge in [-0.1, -0.05) is 0 Å². The maximum absolute atomic E-state index is 12.0. The van der Waals surface area contributed by atoms with Crippen molar-refractivity contribution in [2.75, 3.05) is 26.7 Å². The van der Waals surface area contributed by atoms with Gasteiger partial charge in [-0.3, -0.25) is 9.69 Å². The molecule has 2 heterocycles.